The number of rotatable bonds is 6. The summed E-state index contributed by atoms with van der Waals surface area (Å²) in [5.41, 5.74) is 1.30. The third-order valence-corrected chi connectivity index (χ3v) is 3.48. The highest BCUT2D eigenvalue weighted by Gasteiger charge is 2.00. The van der Waals surface area contributed by atoms with Crippen molar-refractivity contribution in [3.63, 3.8) is 0 Å². The summed E-state index contributed by atoms with van der Waals surface area (Å²) in [4.78, 5) is 0. The summed E-state index contributed by atoms with van der Waals surface area (Å²) in [6, 6.07) is 8.11. The second kappa shape index (κ2) is 6.75. The minimum absolute atomic E-state index is 0.273. The average Bonchev–Trinajstić information content (AvgIpc) is 2.29. The quantitative estimate of drug-likeness (QED) is 0.808. The first-order valence-electron chi connectivity index (χ1n) is 5.07. The van der Waals surface area contributed by atoms with Crippen molar-refractivity contribution in [1.82, 2.24) is 0 Å². The minimum Gasteiger partial charge on any atom is -0.497 e. The van der Waals surface area contributed by atoms with E-state index >= 15 is 0 Å². The van der Waals surface area contributed by atoms with Gasteiger partial charge in [0.2, 0.25) is 0 Å². The maximum atomic E-state index is 8.87. The van der Waals surface area contributed by atoms with Crippen LogP contribution in [0.1, 0.15) is 12.5 Å². The Bertz CT molecular complexity index is 271. The zero-order valence-electron chi connectivity index (χ0n) is 9.27. The number of methoxy groups -OCH3 is 1. The Labute approximate surface area is 95.7 Å². The van der Waals surface area contributed by atoms with Crippen LogP contribution in [0.15, 0.2) is 24.3 Å². The molecule has 1 atom stereocenters. The third kappa shape index (κ3) is 4.58. The molecule has 0 aliphatic heterocycles. The predicted octanol–water partition coefficient (Wildman–Crippen LogP) is 2.56. The molecule has 0 heterocycles. The van der Waals surface area contributed by atoms with Crippen LogP contribution in [0.25, 0.3) is 0 Å². The molecule has 0 aromatic heterocycles. The van der Waals surface area contributed by atoms with Gasteiger partial charge in [-0.1, -0.05) is 19.1 Å². The van der Waals surface area contributed by atoms with Crippen LogP contribution < -0.4 is 4.74 Å². The largest absolute Gasteiger partial charge is 0.497 e. The Hall–Kier alpha value is -0.670. The first-order valence-corrected chi connectivity index (χ1v) is 6.23. The standard InChI is InChI=1S/C12H18O2S/c1-10(7-13)8-15-9-11-3-5-12(14-2)6-4-11/h3-6,10,13H,7-9H2,1-2H3. The molecule has 1 unspecified atom stereocenters. The zero-order chi connectivity index (χ0) is 11.1. The van der Waals surface area contributed by atoms with Gasteiger partial charge in [-0.3, -0.25) is 0 Å². The molecule has 1 aromatic carbocycles. The lowest BCUT2D eigenvalue weighted by molar-refractivity contribution is 0.250. The van der Waals surface area contributed by atoms with Crippen molar-refractivity contribution >= 4 is 11.8 Å². The highest BCUT2D eigenvalue weighted by Crippen LogP contribution is 2.18. The molecule has 0 fully saturated rings. The average molecular weight is 226 g/mol. The molecule has 1 N–H and O–H groups in total. The van der Waals surface area contributed by atoms with Crippen molar-refractivity contribution in [3.8, 4) is 5.75 Å². The van der Waals surface area contributed by atoms with E-state index in [9.17, 15) is 0 Å². The van der Waals surface area contributed by atoms with E-state index in [2.05, 4.69) is 19.1 Å². The van der Waals surface area contributed by atoms with Crippen LogP contribution in [-0.4, -0.2) is 24.6 Å². The number of hydrogen-bond acceptors (Lipinski definition) is 3. The highest BCUT2D eigenvalue weighted by molar-refractivity contribution is 7.98. The maximum absolute atomic E-state index is 8.87. The van der Waals surface area contributed by atoms with Crippen molar-refractivity contribution in [2.24, 2.45) is 5.92 Å². The molecular weight excluding hydrogens is 208 g/mol. The molecule has 84 valence electrons. The Morgan fingerprint density at radius 3 is 2.53 bits per heavy atom. The molecule has 0 saturated carbocycles. The topological polar surface area (TPSA) is 29.5 Å². The molecule has 1 rings (SSSR count). The van der Waals surface area contributed by atoms with Gasteiger partial charge in [0.05, 0.1) is 7.11 Å². The zero-order valence-corrected chi connectivity index (χ0v) is 10.1. The van der Waals surface area contributed by atoms with Crippen LogP contribution in [0.2, 0.25) is 0 Å². The first-order chi connectivity index (χ1) is 7.26. The van der Waals surface area contributed by atoms with Gasteiger partial charge in [0, 0.05) is 12.4 Å². The molecule has 15 heavy (non-hydrogen) atoms. The Morgan fingerprint density at radius 1 is 1.33 bits per heavy atom. The number of hydrogen-bond donors (Lipinski definition) is 1. The molecule has 0 bridgehead atoms. The Morgan fingerprint density at radius 2 is 2.00 bits per heavy atom. The molecule has 0 amide bonds. The van der Waals surface area contributed by atoms with Crippen LogP contribution in [0.3, 0.4) is 0 Å². The summed E-state index contributed by atoms with van der Waals surface area (Å²) in [6.45, 7) is 2.33. The van der Waals surface area contributed by atoms with Gasteiger partial charge in [0.25, 0.3) is 0 Å². The molecule has 2 nitrogen and oxygen atoms in total. The third-order valence-electron chi connectivity index (χ3n) is 2.14. The fraction of sp³-hybridized carbons (Fsp3) is 0.500. The molecule has 1 aromatic rings. The monoisotopic (exact) mass is 226 g/mol. The lowest BCUT2D eigenvalue weighted by atomic mass is 10.2. The number of aliphatic hydroxyl groups excluding tert-OH is 1. The normalized spacial score (nSPS) is 12.5. The van der Waals surface area contributed by atoms with Crippen molar-refractivity contribution in [2.75, 3.05) is 19.5 Å². The van der Waals surface area contributed by atoms with Crippen LogP contribution >= 0.6 is 11.8 Å². The van der Waals surface area contributed by atoms with E-state index < -0.39 is 0 Å². The molecule has 0 spiro atoms. The van der Waals surface area contributed by atoms with E-state index in [-0.39, 0.29) is 6.61 Å². The Kier molecular flexibility index (Phi) is 5.58. The number of thioether (sulfide) groups is 1. The van der Waals surface area contributed by atoms with Gasteiger partial charge in [0.1, 0.15) is 5.75 Å². The van der Waals surface area contributed by atoms with E-state index in [0.29, 0.717) is 5.92 Å². The van der Waals surface area contributed by atoms with Crippen molar-refractivity contribution in [3.05, 3.63) is 29.8 Å². The molecule has 0 saturated heterocycles. The highest BCUT2D eigenvalue weighted by atomic mass is 32.2. The predicted molar refractivity (Wildman–Crippen MR) is 65.4 cm³/mol. The smallest absolute Gasteiger partial charge is 0.118 e. The van der Waals surface area contributed by atoms with E-state index in [1.165, 1.54) is 5.56 Å². The van der Waals surface area contributed by atoms with Crippen LogP contribution in [0, 0.1) is 5.92 Å². The maximum Gasteiger partial charge on any atom is 0.118 e. The second-order valence-corrected chi connectivity index (χ2v) is 4.68. The van der Waals surface area contributed by atoms with Gasteiger partial charge in [-0.25, -0.2) is 0 Å². The van der Waals surface area contributed by atoms with Crippen molar-refractivity contribution < 1.29 is 9.84 Å². The minimum atomic E-state index is 0.273. The Balaban J connectivity index is 2.31. The molecule has 0 radical (unpaired) electrons. The summed E-state index contributed by atoms with van der Waals surface area (Å²) in [7, 11) is 1.67. The van der Waals surface area contributed by atoms with Crippen LogP contribution in [0.4, 0.5) is 0 Å². The van der Waals surface area contributed by atoms with Crippen LogP contribution in [-0.2, 0) is 5.75 Å². The number of benzene rings is 1. The van der Waals surface area contributed by atoms with Gasteiger partial charge >= 0.3 is 0 Å². The van der Waals surface area contributed by atoms with E-state index in [0.717, 1.165) is 17.3 Å². The summed E-state index contributed by atoms with van der Waals surface area (Å²) < 4.78 is 5.09. The molecule has 3 heteroatoms. The lowest BCUT2D eigenvalue weighted by Crippen LogP contribution is -2.03. The SMILES string of the molecule is COc1ccc(CSCC(C)CO)cc1. The lowest BCUT2D eigenvalue weighted by Gasteiger charge is -2.07. The van der Waals surface area contributed by atoms with Gasteiger partial charge in [-0.15, -0.1) is 0 Å². The van der Waals surface area contributed by atoms with Gasteiger partial charge in [0.15, 0.2) is 0 Å². The van der Waals surface area contributed by atoms with Gasteiger partial charge < -0.3 is 9.84 Å². The molecule has 0 aliphatic carbocycles. The van der Waals surface area contributed by atoms with Gasteiger partial charge in [-0.05, 0) is 29.4 Å². The number of ether oxygens (including phenoxy) is 1. The summed E-state index contributed by atoms with van der Waals surface area (Å²) >= 11 is 1.85. The van der Waals surface area contributed by atoms with E-state index in [1.54, 1.807) is 7.11 Å². The number of aliphatic hydroxyl groups is 1. The molecular formula is C12H18O2S. The molecule has 0 aliphatic rings. The summed E-state index contributed by atoms with van der Waals surface area (Å²) in [6.07, 6.45) is 0. The summed E-state index contributed by atoms with van der Waals surface area (Å²) in [5.74, 6) is 3.28. The summed E-state index contributed by atoms with van der Waals surface area (Å²) in [5, 5.41) is 8.87. The fourth-order valence-corrected chi connectivity index (χ4v) is 2.21. The van der Waals surface area contributed by atoms with Crippen molar-refractivity contribution in [2.45, 2.75) is 12.7 Å². The fourth-order valence-electron chi connectivity index (χ4n) is 1.15. The second-order valence-electron chi connectivity index (χ2n) is 3.65. The van der Waals surface area contributed by atoms with E-state index in [1.807, 2.05) is 23.9 Å². The van der Waals surface area contributed by atoms with Gasteiger partial charge in [-0.2, -0.15) is 11.8 Å². The van der Waals surface area contributed by atoms with E-state index in [4.69, 9.17) is 9.84 Å². The first kappa shape index (κ1) is 12.4. The van der Waals surface area contributed by atoms with Crippen molar-refractivity contribution in [1.29, 1.82) is 0 Å². The van der Waals surface area contributed by atoms with Crippen LogP contribution in [0.5, 0.6) is 5.75 Å².